The highest BCUT2D eigenvalue weighted by Gasteiger charge is 1.99. The SMILES string of the molecule is Nc1ccnc(CCc2ccccn2)n1. The van der Waals surface area contributed by atoms with Crippen molar-refractivity contribution in [3.63, 3.8) is 0 Å². The van der Waals surface area contributed by atoms with Gasteiger partial charge in [-0.1, -0.05) is 6.07 Å². The maximum Gasteiger partial charge on any atom is 0.131 e. The third-order valence-electron chi connectivity index (χ3n) is 2.06. The molecule has 2 heterocycles. The van der Waals surface area contributed by atoms with Crippen LogP contribution in [0.2, 0.25) is 0 Å². The number of pyridine rings is 1. The molecule has 2 aromatic heterocycles. The summed E-state index contributed by atoms with van der Waals surface area (Å²) in [6.07, 6.45) is 5.07. The van der Waals surface area contributed by atoms with Crippen molar-refractivity contribution < 1.29 is 0 Å². The number of anilines is 1. The van der Waals surface area contributed by atoms with E-state index in [-0.39, 0.29) is 0 Å². The molecule has 0 aliphatic carbocycles. The van der Waals surface area contributed by atoms with Crippen LogP contribution in [0.15, 0.2) is 36.7 Å². The summed E-state index contributed by atoms with van der Waals surface area (Å²) < 4.78 is 0. The summed E-state index contributed by atoms with van der Waals surface area (Å²) in [5, 5.41) is 0. The second kappa shape index (κ2) is 4.50. The molecule has 2 aromatic rings. The van der Waals surface area contributed by atoms with Gasteiger partial charge < -0.3 is 5.73 Å². The minimum absolute atomic E-state index is 0.515. The van der Waals surface area contributed by atoms with Gasteiger partial charge in [-0.25, -0.2) is 9.97 Å². The van der Waals surface area contributed by atoms with Crippen molar-refractivity contribution in [2.24, 2.45) is 0 Å². The number of nitrogens with two attached hydrogens (primary N) is 1. The molecular formula is C11H12N4. The Morgan fingerprint density at radius 2 is 1.93 bits per heavy atom. The summed E-state index contributed by atoms with van der Waals surface area (Å²) in [6.45, 7) is 0. The second-order valence-electron chi connectivity index (χ2n) is 3.22. The van der Waals surface area contributed by atoms with Crippen LogP contribution in [0.5, 0.6) is 0 Å². The van der Waals surface area contributed by atoms with Crippen molar-refractivity contribution in [1.82, 2.24) is 15.0 Å². The predicted molar refractivity (Wildman–Crippen MR) is 58.1 cm³/mol. The highest BCUT2D eigenvalue weighted by atomic mass is 14.9. The van der Waals surface area contributed by atoms with E-state index in [0.717, 1.165) is 24.4 Å². The normalized spacial score (nSPS) is 10.1. The fourth-order valence-electron chi connectivity index (χ4n) is 1.32. The Morgan fingerprint density at radius 1 is 1.00 bits per heavy atom. The van der Waals surface area contributed by atoms with Gasteiger partial charge in [-0.15, -0.1) is 0 Å². The third-order valence-corrected chi connectivity index (χ3v) is 2.06. The minimum Gasteiger partial charge on any atom is -0.384 e. The zero-order valence-electron chi connectivity index (χ0n) is 8.30. The number of rotatable bonds is 3. The Kier molecular flexibility index (Phi) is 2.88. The quantitative estimate of drug-likeness (QED) is 0.809. The van der Waals surface area contributed by atoms with Crippen LogP contribution in [0.25, 0.3) is 0 Å². The highest BCUT2D eigenvalue weighted by molar-refractivity contribution is 5.25. The number of hydrogen-bond acceptors (Lipinski definition) is 4. The summed E-state index contributed by atoms with van der Waals surface area (Å²) >= 11 is 0. The molecule has 0 bridgehead atoms. The summed E-state index contributed by atoms with van der Waals surface area (Å²) in [5.74, 6) is 1.28. The van der Waals surface area contributed by atoms with Crippen LogP contribution in [-0.4, -0.2) is 15.0 Å². The van der Waals surface area contributed by atoms with E-state index in [4.69, 9.17) is 5.73 Å². The van der Waals surface area contributed by atoms with Gasteiger partial charge in [-0.3, -0.25) is 4.98 Å². The number of nitrogen functional groups attached to an aromatic ring is 1. The van der Waals surface area contributed by atoms with Gasteiger partial charge in [0.1, 0.15) is 11.6 Å². The van der Waals surface area contributed by atoms with E-state index in [0.29, 0.717) is 5.82 Å². The van der Waals surface area contributed by atoms with Gasteiger partial charge in [0, 0.05) is 24.5 Å². The Labute approximate surface area is 88.2 Å². The Bertz CT molecular complexity index is 428. The van der Waals surface area contributed by atoms with Crippen LogP contribution in [0.1, 0.15) is 11.5 Å². The molecule has 0 saturated heterocycles. The van der Waals surface area contributed by atoms with Gasteiger partial charge in [-0.2, -0.15) is 0 Å². The topological polar surface area (TPSA) is 64.7 Å². The second-order valence-corrected chi connectivity index (χ2v) is 3.22. The van der Waals surface area contributed by atoms with Crippen LogP contribution in [0, 0.1) is 0 Å². The van der Waals surface area contributed by atoms with Crippen molar-refractivity contribution in [2.75, 3.05) is 5.73 Å². The van der Waals surface area contributed by atoms with Crippen molar-refractivity contribution in [3.05, 3.63) is 48.2 Å². The lowest BCUT2D eigenvalue weighted by Crippen LogP contribution is -2.01. The standard InChI is InChI=1S/C11H12N4/c12-10-6-8-14-11(15-10)5-4-9-3-1-2-7-13-9/h1-3,6-8H,4-5H2,(H2,12,14,15). The maximum absolute atomic E-state index is 5.56. The molecule has 0 spiro atoms. The van der Waals surface area contributed by atoms with Crippen molar-refractivity contribution in [1.29, 1.82) is 0 Å². The van der Waals surface area contributed by atoms with E-state index in [9.17, 15) is 0 Å². The molecule has 0 aromatic carbocycles. The molecule has 0 aliphatic heterocycles. The van der Waals surface area contributed by atoms with E-state index in [1.54, 1.807) is 18.5 Å². The molecular weight excluding hydrogens is 188 g/mol. The van der Waals surface area contributed by atoms with E-state index in [1.807, 2.05) is 18.2 Å². The fourth-order valence-corrected chi connectivity index (χ4v) is 1.32. The smallest absolute Gasteiger partial charge is 0.131 e. The van der Waals surface area contributed by atoms with Gasteiger partial charge in [0.15, 0.2) is 0 Å². The van der Waals surface area contributed by atoms with Crippen LogP contribution in [0.4, 0.5) is 5.82 Å². The van der Waals surface area contributed by atoms with Crippen LogP contribution in [0.3, 0.4) is 0 Å². The number of aryl methyl sites for hydroxylation is 2. The maximum atomic E-state index is 5.56. The molecule has 0 atom stereocenters. The lowest BCUT2D eigenvalue weighted by atomic mass is 10.2. The highest BCUT2D eigenvalue weighted by Crippen LogP contribution is 2.02. The van der Waals surface area contributed by atoms with Crippen LogP contribution < -0.4 is 5.73 Å². The molecule has 0 aliphatic rings. The average Bonchev–Trinajstić information content (AvgIpc) is 2.28. The fraction of sp³-hybridized carbons (Fsp3) is 0.182. The van der Waals surface area contributed by atoms with E-state index in [1.165, 1.54) is 0 Å². The van der Waals surface area contributed by atoms with Gasteiger partial charge >= 0.3 is 0 Å². The summed E-state index contributed by atoms with van der Waals surface area (Å²) in [6, 6.07) is 7.56. The molecule has 2 N–H and O–H groups in total. The van der Waals surface area contributed by atoms with E-state index < -0.39 is 0 Å². The van der Waals surface area contributed by atoms with E-state index in [2.05, 4.69) is 15.0 Å². The first-order chi connectivity index (χ1) is 7.34. The summed E-state index contributed by atoms with van der Waals surface area (Å²) in [4.78, 5) is 12.5. The number of nitrogens with zero attached hydrogens (tertiary/aromatic N) is 3. The Morgan fingerprint density at radius 3 is 2.67 bits per heavy atom. The van der Waals surface area contributed by atoms with Gasteiger partial charge in [0.2, 0.25) is 0 Å². The zero-order chi connectivity index (χ0) is 10.5. The Balaban J connectivity index is 1.99. The molecule has 76 valence electrons. The lowest BCUT2D eigenvalue weighted by molar-refractivity contribution is 0.838. The molecule has 0 saturated carbocycles. The van der Waals surface area contributed by atoms with Crippen molar-refractivity contribution >= 4 is 5.82 Å². The predicted octanol–water partition coefficient (Wildman–Crippen LogP) is 1.24. The lowest BCUT2D eigenvalue weighted by Gasteiger charge is -2.00. The number of aromatic nitrogens is 3. The monoisotopic (exact) mass is 200 g/mol. The molecule has 2 rings (SSSR count). The molecule has 0 fully saturated rings. The van der Waals surface area contributed by atoms with Crippen molar-refractivity contribution in [3.8, 4) is 0 Å². The van der Waals surface area contributed by atoms with Gasteiger partial charge in [0.25, 0.3) is 0 Å². The molecule has 4 heteroatoms. The third kappa shape index (κ3) is 2.74. The Hall–Kier alpha value is -1.97. The molecule has 0 amide bonds. The first-order valence-electron chi connectivity index (χ1n) is 4.82. The molecule has 0 radical (unpaired) electrons. The number of hydrogen-bond donors (Lipinski definition) is 1. The minimum atomic E-state index is 0.515. The first-order valence-corrected chi connectivity index (χ1v) is 4.82. The van der Waals surface area contributed by atoms with Crippen LogP contribution >= 0.6 is 0 Å². The summed E-state index contributed by atoms with van der Waals surface area (Å²) in [5.41, 5.74) is 6.61. The average molecular weight is 200 g/mol. The molecule has 0 unspecified atom stereocenters. The van der Waals surface area contributed by atoms with Crippen LogP contribution in [-0.2, 0) is 12.8 Å². The summed E-state index contributed by atoms with van der Waals surface area (Å²) in [7, 11) is 0. The van der Waals surface area contributed by atoms with E-state index >= 15 is 0 Å². The largest absolute Gasteiger partial charge is 0.384 e. The molecule has 4 nitrogen and oxygen atoms in total. The van der Waals surface area contributed by atoms with Crippen molar-refractivity contribution in [2.45, 2.75) is 12.8 Å². The zero-order valence-corrected chi connectivity index (χ0v) is 8.30. The van der Waals surface area contributed by atoms with Gasteiger partial charge in [0.05, 0.1) is 0 Å². The van der Waals surface area contributed by atoms with Gasteiger partial charge in [-0.05, 0) is 24.6 Å². The molecule has 15 heavy (non-hydrogen) atoms. The first kappa shape index (κ1) is 9.58.